The van der Waals surface area contributed by atoms with Gasteiger partial charge < -0.3 is 20.1 Å². The van der Waals surface area contributed by atoms with Crippen LogP contribution in [0.4, 0.5) is 24.5 Å². The topological polar surface area (TPSA) is 131 Å². The van der Waals surface area contributed by atoms with Gasteiger partial charge in [-0.1, -0.05) is 18.5 Å². The number of carbonyl (C=O) groups is 1. The van der Waals surface area contributed by atoms with E-state index in [1.54, 1.807) is 4.57 Å². The first-order chi connectivity index (χ1) is 20.3. The molecule has 1 fully saturated rings. The van der Waals surface area contributed by atoms with Gasteiger partial charge in [-0.05, 0) is 48.9 Å². The van der Waals surface area contributed by atoms with Gasteiger partial charge >= 0.3 is 6.18 Å². The highest BCUT2D eigenvalue weighted by Crippen LogP contribution is 2.34. The van der Waals surface area contributed by atoms with Crippen LogP contribution in [-0.2, 0) is 33.8 Å². The van der Waals surface area contributed by atoms with Crippen LogP contribution < -0.4 is 21.1 Å². The van der Waals surface area contributed by atoms with Crippen molar-refractivity contribution in [2.75, 3.05) is 42.7 Å². The van der Waals surface area contributed by atoms with E-state index >= 15 is 0 Å². The van der Waals surface area contributed by atoms with Crippen molar-refractivity contribution in [3.05, 3.63) is 69.1 Å². The van der Waals surface area contributed by atoms with Crippen molar-refractivity contribution in [3.63, 3.8) is 0 Å². The number of carbonyl (C=O) groups excluding carboxylic acids is 1. The number of nitrogens with zero attached hydrogens (tertiary/aromatic N) is 5. The number of fused-ring (bicyclic) bond motifs is 1. The number of amides is 1. The van der Waals surface area contributed by atoms with Gasteiger partial charge in [0.25, 0.3) is 5.56 Å². The molecule has 1 amide bonds. The van der Waals surface area contributed by atoms with Crippen LogP contribution in [0.5, 0.6) is 0 Å². The Morgan fingerprint density at radius 3 is 2.37 bits per heavy atom. The quantitative estimate of drug-likeness (QED) is 0.316. The van der Waals surface area contributed by atoms with E-state index in [4.69, 9.17) is 11.6 Å². The van der Waals surface area contributed by atoms with Gasteiger partial charge in [0.15, 0.2) is 15.7 Å². The van der Waals surface area contributed by atoms with Crippen LogP contribution in [0.3, 0.4) is 0 Å². The van der Waals surface area contributed by atoms with E-state index in [-0.39, 0.29) is 33.8 Å². The maximum Gasteiger partial charge on any atom is 0.416 e. The fourth-order valence-electron chi connectivity index (χ4n) is 4.92. The molecule has 1 aliphatic rings. The predicted octanol–water partition coefficient (Wildman–Crippen LogP) is 3.24. The average Bonchev–Trinajstić information content (AvgIpc) is 3.41. The number of halogens is 4. The molecular weight excluding hydrogens is 611 g/mol. The van der Waals surface area contributed by atoms with Crippen molar-refractivity contribution in [3.8, 4) is 11.4 Å². The third kappa shape index (κ3) is 6.24. The Labute approximate surface area is 249 Å². The first-order valence-corrected chi connectivity index (χ1v) is 15.5. The summed E-state index contributed by atoms with van der Waals surface area (Å²) in [5, 5.41) is 9.93. The lowest BCUT2D eigenvalue weighted by atomic mass is 10.2. The fraction of sp³-hybridized carbons (Fsp3) is 0.333. The van der Waals surface area contributed by atoms with Crippen LogP contribution in [0.2, 0.25) is 5.02 Å². The number of rotatable bonds is 7. The summed E-state index contributed by atoms with van der Waals surface area (Å²) in [5.41, 5.74) is -0.0509. The summed E-state index contributed by atoms with van der Waals surface area (Å²) in [6, 6.07) is 8.50. The Bertz CT molecular complexity index is 1870. The molecule has 11 nitrogen and oxygen atoms in total. The zero-order valence-corrected chi connectivity index (χ0v) is 24.6. The second-order valence-corrected chi connectivity index (χ2v) is 12.4. The third-order valence-electron chi connectivity index (χ3n) is 7.01. The van der Waals surface area contributed by atoms with Gasteiger partial charge in [-0.15, -0.1) is 5.10 Å². The van der Waals surface area contributed by atoms with Crippen LogP contribution in [0.1, 0.15) is 18.2 Å². The number of hydrogen-bond donors (Lipinski definition) is 2. The predicted molar refractivity (Wildman–Crippen MR) is 155 cm³/mol. The Balaban J connectivity index is 1.59. The third-order valence-corrected chi connectivity index (χ3v) is 8.45. The lowest BCUT2D eigenvalue weighted by molar-refractivity contribution is -0.137. The first kappa shape index (κ1) is 30.5. The molecule has 3 heterocycles. The largest absolute Gasteiger partial charge is 0.416 e. The highest BCUT2D eigenvalue weighted by atomic mass is 35.5. The summed E-state index contributed by atoms with van der Waals surface area (Å²) in [6.07, 6.45) is -3.16. The maximum absolute atomic E-state index is 13.8. The molecule has 0 radical (unpaired) electrons. The zero-order chi connectivity index (χ0) is 31.1. The van der Waals surface area contributed by atoms with Crippen molar-refractivity contribution in [1.29, 1.82) is 0 Å². The molecule has 228 valence electrons. The minimum atomic E-state index is -4.60. The minimum Gasteiger partial charge on any atom is -0.363 e. The summed E-state index contributed by atoms with van der Waals surface area (Å²) in [7, 11) is -3.44. The van der Waals surface area contributed by atoms with E-state index in [0.29, 0.717) is 49.5 Å². The summed E-state index contributed by atoms with van der Waals surface area (Å²) < 4.78 is 65.7. The second-order valence-electron chi connectivity index (χ2n) is 9.96. The van der Waals surface area contributed by atoms with Gasteiger partial charge in [-0.25, -0.2) is 8.42 Å². The Kier molecular flexibility index (Phi) is 8.24. The molecule has 2 aromatic carbocycles. The van der Waals surface area contributed by atoms with E-state index in [2.05, 4.69) is 20.7 Å². The van der Waals surface area contributed by atoms with E-state index in [0.717, 1.165) is 29.0 Å². The molecule has 2 aromatic heterocycles. The summed E-state index contributed by atoms with van der Waals surface area (Å²) in [4.78, 5) is 33.7. The molecule has 5 rings (SSSR count). The Morgan fingerprint density at radius 2 is 1.79 bits per heavy atom. The monoisotopic (exact) mass is 637 g/mol. The SMILES string of the molecule is CCc1c(N2CCNCC2)c(=O)n2nc(-c3ccc(S(C)(=O)=O)cc3)nc2n1CC(=O)Nc1ccc(C(F)(F)F)cc1Cl. The number of alkyl halides is 3. The van der Waals surface area contributed by atoms with Crippen molar-refractivity contribution < 1.29 is 26.4 Å². The molecule has 0 atom stereocenters. The first-order valence-electron chi connectivity index (χ1n) is 13.2. The highest BCUT2D eigenvalue weighted by molar-refractivity contribution is 7.90. The second kappa shape index (κ2) is 11.6. The highest BCUT2D eigenvalue weighted by Gasteiger charge is 2.31. The van der Waals surface area contributed by atoms with Crippen molar-refractivity contribution in [1.82, 2.24) is 24.5 Å². The van der Waals surface area contributed by atoms with Crippen molar-refractivity contribution >= 4 is 44.5 Å². The molecular formula is C27H27ClF3N7O4S. The number of piperazine rings is 1. The summed E-state index contributed by atoms with van der Waals surface area (Å²) in [6.45, 7) is 3.84. The van der Waals surface area contributed by atoms with Crippen LogP contribution in [0.15, 0.2) is 52.2 Å². The van der Waals surface area contributed by atoms with Gasteiger partial charge in [0.2, 0.25) is 11.7 Å². The standard InChI is InChI=1S/C27H27ClF3N7O4S/c1-3-21-23(36-12-10-32-11-13-36)25(40)38-26(34-24(35-38)16-4-7-18(8-5-16)43(2,41)42)37(21)15-22(39)33-20-9-6-17(14-19(20)28)27(29,30)31/h4-9,14,32H,3,10-13,15H2,1-2H3,(H,33,39). The molecule has 1 aliphatic heterocycles. The van der Waals surface area contributed by atoms with Crippen LogP contribution in [0.25, 0.3) is 17.2 Å². The average molecular weight is 638 g/mol. The minimum absolute atomic E-state index is 0.00905. The number of hydrogen-bond acceptors (Lipinski definition) is 8. The molecule has 0 unspecified atom stereocenters. The van der Waals surface area contributed by atoms with Gasteiger partial charge in [0.05, 0.1) is 26.9 Å². The number of nitrogens with one attached hydrogen (secondary N) is 2. The number of anilines is 2. The van der Waals surface area contributed by atoms with Gasteiger partial charge in [0, 0.05) is 38.0 Å². The van der Waals surface area contributed by atoms with Crippen LogP contribution in [0, 0.1) is 0 Å². The van der Waals surface area contributed by atoms with Gasteiger partial charge in [-0.2, -0.15) is 22.7 Å². The molecule has 0 aliphatic carbocycles. The molecule has 2 N–H and O–H groups in total. The van der Waals surface area contributed by atoms with Crippen molar-refractivity contribution in [2.45, 2.75) is 31.0 Å². The zero-order valence-electron chi connectivity index (χ0n) is 23.1. The molecule has 0 bridgehead atoms. The van der Waals surface area contributed by atoms with Crippen LogP contribution >= 0.6 is 11.6 Å². The van der Waals surface area contributed by atoms with Crippen LogP contribution in [-0.4, -0.2) is 65.9 Å². The summed E-state index contributed by atoms with van der Waals surface area (Å²) >= 11 is 6.05. The normalized spacial score (nSPS) is 14.3. The van der Waals surface area contributed by atoms with Crippen molar-refractivity contribution in [2.24, 2.45) is 0 Å². The molecule has 0 saturated carbocycles. The van der Waals surface area contributed by atoms with Gasteiger partial charge in [0.1, 0.15) is 12.2 Å². The smallest absolute Gasteiger partial charge is 0.363 e. The van der Waals surface area contributed by atoms with E-state index in [1.165, 1.54) is 24.3 Å². The van der Waals surface area contributed by atoms with Gasteiger partial charge in [-0.3, -0.25) is 9.59 Å². The molecule has 16 heteroatoms. The van der Waals surface area contributed by atoms with E-state index < -0.39 is 33.0 Å². The molecule has 1 saturated heterocycles. The lowest BCUT2D eigenvalue weighted by Gasteiger charge is -2.31. The number of aromatic nitrogens is 4. The lowest BCUT2D eigenvalue weighted by Crippen LogP contribution is -2.47. The molecule has 43 heavy (non-hydrogen) atoms. The Hall–Kier alpha value is -3.95. The van der Waals surface area contributed by atoms with E-state index in [9.17, 15) is 31.2 Å². The molecule has 0 spiro atoms. The number of sulfone groups is 1. The fourth-order valence-corrected chi connectivity index (χ4v) is 5.78. The Morgan fingerprint density at radius 1 is 1.12 bits per heavy atom. The molecule has 4 aromatic rings. The summed E-state index contributed by atoms with van der Waals surface area (Å²) in [5.74, 6) is -0.413. The number of benzene rings is 2. The van der Waals surface area contributed by atoms with E-state index in [1.807, 2.05) is 11.8 Å². The maximum atomic E-state index is 13.8.